The predicted molar refractivity (Wildman–Crippen MR) is 269 cm³/mol. The molecule has 0 spiro atoms. The minimum absolute atomic E-state index is 1.37. The lowest BCUT2D eigenvalue weighted by Crippen LogP contribution is -1.83. The second kappa shape index (κ2) is 69.0. The van der Waals surface area contributed by atoms with Crippen LogP contribution in [0.2, 0.25) is 0 Å². The quantitative estimate of drug-likeness (QED) is 0.0423. The van der Waals surface area contributed by atoms with E-state index in [1.807, 2.05) is 0 Å². The molecule has 4 heteroatoms. The Morgan fingerprint density at radius 2 is 0.207 bits per heavy atom. The van der Waals surface area contributed by atoms with Crippen LogP contribution in [0.15, 0.2) is 0 Å². The van der Waals surface area contributed by atoms with E-state index in [2.05, 4.69) is 41.5 Å². The maximum absolute atomic E-state index is 7.23. The molecule has 0 radical (unpaired) electrons. The van der Waals surface area contributed by atoms with Crippen LogP contribution in [0.1, 0.15) is 350 Å². The Balaban J connectivity index is -0.000000359. The van der Waals surface area contributed by atoms with Gasteiger partial charge in [-0.2, -0.15) is 0 Å². The summed E-state index contributed by atoms with van der Waals surface area (Å²) in [6.45, 7) is 13.8. The van der Waals surface area contributed by atoms with Crippen LogP contribution in [0.5, 0.6) is 0 Å². The van der Waals surface area contributed by atoms with E-state index in [0.717, 1.165) is 0 Å². The second-order valence-electron chi connectivity index (χ2n) is 18.1. The molecule has 3 N–H and O–H groups in total. The zero-order chi connectivity index (χ0) is 43.5. The van der Waals surface area contributed by atoms with Crippen LogP contribution >= 0.6 is 8.60 Å². The van der Waals surface area contributed by atoms with Gasteiger partial charge in [-0.15, -0.1) is 0 Å². The summed E-state index contributed by atoms with van der Waals surface area (Å²) in [7, 11) is -2.62. The van der Waals surface area contributed by atoms with Gasteiger partial charge in [-0.3, -0.25) is 0 Å². The Bertz CT molecular complexity index is 474. The van der Waals surface area contributed by atoms with Crippen molar-refractivity contribution in [1.82, 2.24) is 0 Å². The van der Waals surface area contributed by atoms with Gasteiger partial charge in [-0.1, -0.05) is 350 Å². The molecule has 0 atom stereocenters. The van der Waals surface area contributed by atoms with E-state index < -0.39 is 8.60 Å². The molecule has 0 aliphatic heterocycles. The highest BCUT2D eigenvalue weighted by molar-refractivity contribution is 7.38. The SMILES string of the molecule is CCCCCCCCCCCCCCCCCC.CCCCCCCCCCCCCCCCCC.CCCCCCCCCCCCCCCCCC.OP(O)O. The molecule has 0 bridgehead atoms. The summed E-state index contributed by atoms with van der Waals surface area (Å²) in [5, 5.41) is 0. The fraction of sp³-hybridized carbons (Fsp3) is 1.00. The molecule has 0 fully saturated rings. The summed E-state index contributed by atoms with van der Waals surface area (Å²) in [5.41, 5.74) is 0. The Morgan fingerprint density at radius 3 is 0.259 bits per heavy atom. The Kier molecular flexibility index (Phi) is 77.3. The van der Waals surface area contributed by atoms with Crippen LogP contribution in [-0.4, -0.2) is 14.7 Å². The normalized spacial score (nSPS) is 10.9. The topological polar surface area (TPSA) is 60.7 Å². The summed E-state index contributed by atoms with van der Waals surface area (Å²) < 4.78 is 0. The summed E-state index contributed by atoms with van der Waals surface area (Å²) in [6, 6.07) is 0. The minimum atomic E-state index is -2.62. The summed E-state index contributed by atoms with van der Waals surface area (Å²) >= 11 is 0. The number of unbranched alkanes of at least 4 members (excludes halogenated alkanes) is 45. The number of hydrogen-bond acceptors (Lipinski definition) is 3. The first-order valence-electron chi connectivity index (χ1n) is 27.3. The second-order valence-corrected chi connectivity index (χ2v) is 18.7. The fourth-order valence-electron chi connectivity index (χ4n) is 7.86. The average molecular weight is 846 g/mol. The van der Waals surface area contributed by atoms with Crippen LogP contribution in [0.25, 0.3) is 0 Å². The molecule has 0 saturated carbocycles. The van der Waals surface area contributed by atoms with Crippen molar-refractivity contribution < 1.29 is 14.7 Å². The van der Waals surface area contributed by atoms with Gasteiger partial charge in [0.1, 0.15) is 0 Å². The van der Waals surface area contributed by atoms with E-state index in [1.54, 1.807) is 0 Å². The van der Waals surface area contributed by atoms with Crippen molar-refractivity contribution in [2.75, 3.05) is 0 Å². The van der Waals surface area contributed by atoms with Gasteiger partial charge in [0.2, 0.25) is 0 Å². The number of rotatable bonds is 45. The highest BCUT2D eigenvalue weighted by atomic mass is 31.2. The van der Waals surface area contributed by atoms with Crippen molar-refractivity contribution in [3.05, 3.63) is 0 Å². The van der Waals surface area contributed by atoms with E-state index in [9.17, 15) is 0 Å². The van der Waals surface area contributed by atoms with E-state index in [4.69, 9.17) is 14.7 Å². The van der Waals surface area contributed by atoms with Crippen molar-refractivity contribution in [3.8, 4) is 0 Å². The molecule has 0 aromatic heterocycles. The third kappa shape index (κ3) is 83.9. The molecule has 0 aromatic carbocycles. The van der Waals surface area contributed by atoms with Crippen LogP contribution in [0.4, 0.5) is 0 Å². The molecular weight excluding hydrogens is 728 g/mol. The highest BCUT2D eigenvalue weighted by Crippen LogP contribution is 2.16. The molecule has 0 aliphatic carbocycles. The van der Waals surface area contributed by atoms with Gasteiger partial charge in [0.15, 0.2) is 0 Å². The van der Waals surface area contributed by atoms with Gasteiger partial charge in [0, 0.05) is 0 Å². The van der Waals surface area contributed by atoms with Crippen molar-refractivity contribution in [2.45, 2.75) is 350 Å². The van der Waals surface area contributed by atoms with Crippen molar-refractivity contribution in [1.29, 1.82) is 0 Å². The maximum Gasteiger partial charge on any atom is 0.324 e. The van der Waals surface area contributed by atoms with Crippen LogP contribution < -0.4 is 0 Å². The van der Waals surface area contributed by atoms with Gasteiger partial charge < -0.3 is 14.7 Å². The third-order valence-corrected chi connectivity index (χ3v) is 11.9. The van der Waals surface area contributed by atoms with E-state index in [0.29, 0.717) is 0 Å². The Morgan fingerprint density at radius 1 is 0.155 bits per heavy atom. The molecule has 0 rings (SSSR count). The highest BCUT2D eigenvalue weighted by Gasteiger charge is 1.96. The van der Waals surface area contributed by atoms with Crippen LogP contribution in [-0.2, 0) is 0 Å². The first-order chi connectivity index (χ1) is 28.5. The van der Waals surface area contributed by atoms with Crippen molar-refractivity contribution in [3.63, 3.8) is 0 Å². The summed E-state index contributed by atoms with van der Waals surface area (Å²) in [4.78, 5) is 21.7. The first-order valence-corrected chi connectivity index (χ1v) is 28.5. The molecule has 3 nitrogen and oxygen atoms in total. The van der Waals surface area contributed by atoms with Gasteiger partial charge >= 0.3 is 8.60 Å². The maximum atomic E-state index is 7.23. The fourth-order valence-corrected chi connectivity index (χ4v) is 7.86. The molecule has 0 unspecified atom stereocenters. The molecule has 0 amide bonds. The van der Waals surface area contributed by atoms with E-state index >= 15 is 0 Å². The summed E-state index contributed by atoms with van der Waals surface area (Å²) in [6.07, 6.45) is 70.2. The zero-order valence-corrected chi connectivity index (χ0v) is 42.6. The molecule has 0 saturated heterocycles. The van der Waals surface area contributed by atoms with Gasteiger partial charge in [-0.05, 0) is 0 Å². The minimum Gasteiger partial charge on any atom is -0.328 e. The number of hydrogen-bond donors (Lipinski definition) is 3. The lowest BCUT2D eigenvalue weighted by atomic mass is 10.0. The Hall–Kier alpha value is 0.310. The molecular formula is C54H117O3P. The zero-order valence-electron chi connectivity index (χ0n) is 41.7. The third-order valence-electron chi connectivity index (χ3n) is 11.9. The Labute approximate surface area is 371 Å². The molecule has 356 valence electrons. The molecule has 0 aliphatic rings. The lowest BCUT2D eigenvalue weighted by molar-refractivity contribution is 0.368. The van der Waals surface area contributed by atoms with Crippen LogP contribution in [0, 0.1) is 0 Å². The lowest BCUT2D eigenvalue weighted by Gasteiger charge is -2.03. The molecule has 0 aromatic rings. The first kappa shape index (κ1) is 64.9. The van der Waals surface area contributed by atoms with Crippen molar-refractivity contribution >= 4 is 8.60 Å². The smallest absolute Gasteiger partial charge is 0.324 e. The van der Waals surface area contributed by atoms with Gasteiger partial charge in [0.05, 0.1) is 0 Å². The van der Waals surface area contributed by atoms with Crippen LogP contribution in [0.3, 0.4) is 0 Å². The standard InChI is InChI=1S/3C18H38.H3O3P/c3*1-3-5-7-9-11-13-15-17-18-16-14-12-10-8-6-4-2;1-4(2)3/h3*3-18H2,1-2H3;1-3H. The largest absolute Gasteiger partial charge is 0.328 e. The molecule has 58 heavy (non-hydrogen) atoms. The van der Waals surface area contributed by atoms with E-state index in [1.165, 1.54) is 308 Å². The predicted octanol–water partition coefficient (Wildman–Crippen LogP) is 21.0. The van der Waals surface area contributed by atoms with Gasteiger partial charge in [-0.25, -0.2) is 0 Å². The van der Waals surface area contributed by atoms with Crippen molar-refractivity contribution in [2.24, 2.45) is 0 Å². The summed E-state index contributed by atoms with van der Waals surface area (Å²) in [5.74, 6) is 0. The monoisotopic (exact) mass is 845 g/mol. The van der Waals surface area contributed by atoms with E-state index in [-0.39, 0.29) is 0 Å². The van der Waals surface area contributed by atoms with Gasteiger partial charge in [0.25, 0.3) is 0 Å². The average Bonchev–Trinajstić information content (AvgIpc) is 3.21. The molecule has 0 heterocycles.